The summed E-state index contributed by atoms with van der Waals surface area (Å²) in [6.45, 7) is 1.75. The van der Waals surface area contributed by atoms with Gasteiger partial charge in [0, 0.05) is 10.9 Å². The van der Waals surface area contributed by atoms with Gasteiger partial charge in [0.25, 0.3) is 0 Å². The van der Waals surface area contributed by atoms with Gasteiger partial charge in [0.2, 0.25) is 0 Å². The Labute approximate surface area is 130 Å². The Morgan fingerprint density at radius 2 is 1.67 bits per heavy atom. The molecule has 0 bridgehead atoms. The van der Waals surface area contributed by atoms with Crippen LogP contribution in [0.15, 0.2) is 54.6 Å². The van der Waals surface area contributed by atoms with Crippen molar-refractivity contribution >= 4 is 11.6 Å². The lowest BCUT2D eigenvalue weighted by Crippen LogP contribution is -2.15. The lowest BCUT2D eigenvalue weighted by atomic mass is 9.79. The van der Waals surface area contributed by atoms with Crippen molar-refractivity contribution in [2.75, 3.05) is 0 Å². The first kappa shape index (κ1) is 15.6. The van der Waals surface area contributed by atoms with Crippen LogP contribution in [-0.2, 0) is 0 Å². The normalized spacial score (nSPS) is 15.0. The maximum Gasteiger partial charge on any atom is 0.0782 e. The van der Waals surface area contributed by atoms with Gasteiger partial charge in [0.05, 0.1) is 18.1 Å². The molecule has 21 heavy (non-hydrogen) atoms. The molecule has 2 nitrogen and oxygen atoms in total. The molecular weight excluding hydrogens is 282 g/mol. The number of aliphatic hydroxyl groups excluding tert-OH is 1. The molecule has 0 fully saturated rings. The van der Waals surface area contributed by atoms with Gasteiger partial charge in [0.1, 0.15) is 0 Å². The summed E-state index contributed by atoms with van der Waals surface area (Å²) in [5, 5.41) is 20.1. The average Bonchev–Trinajstić information content (AvgIpc) is 2.48. The van der Waals surface area contributed by atoms with Crippen LogP contribution in [-0.4, -0.2) is 11.2 Å². The summed E-state index contributed by atoms with van der Waals surface area (Å²) in [5.41, 5.74) is 2.00. The minimum atomic E-state index is -0.467. The molecule has 3 unspecified atom stereocenters. The molecule has 3 atom stereocenters. The molecule has 2 aromatic carbocycles. The van der Waals surface area contributed by atoms with E-state index in [0.29, 0.717) is 11.4 Å². The lowest BCUT2D eigenvalue weighted by Gasteiger charge is -2.24. The predicted octanol–water partition coefficient (Wildman–Crippen LogP) is 4.50. The van der Waals surface area contributed by atoms with Crippen molar-refractivity contribution in [1.82, 2.24) is 0 Å². The van der Waals surface area contributed by atoms with Gasteiger partial charge in [0.15, 0.2) is 0 Å². The molecule has 0 radical (unpaired) electrons. The van der Waals surface area contributed by atoms with Crippen LogP contribution in [0.25, 0.3) is 0 Å². The largest absolute Gasteiger partial charge is 0.393 e. The second-order valence-electron chi connectivity index (χ2n) is 5.26. The first-order valence-electron chi connectivity index (χ1n) is 7.00. The van der Waals surface area contributed by atoms with Crippen molar-refractivity contribution in [1.29, 1.82) is 5.26 Å². The monoisotopic (exact) mass is 299 g/mol. The highest BCUT2D eigenvalue weighted by molar-refractivity contribution is 6.30. The molecule has 0 heterocycles. The van der Waals surface area contributed by atoms with E-state index in [2.05, 4.69) is 6.07 Å². The van der Waals surface area contributed by atoms with Crippen LogP contribution in [0.5, 0.6) is 0 Å². The number of benzene rings is 2. The Morgan fingerprint density at radius 3 is 2.19 bits per heavy atom. The van der Waals surface area contributed by atoms with Crippen LogP contribution in [0.4, 0.5) is 0 Å². The molecule has 0 aliphatic carbocycles. The summed E-state index contributed by atoms with van der Waals surface area (Å²) in [7, 11) is 0. The highest BCUT2D eigenvalue weighted by Crippen LogP contribution is 2.36. The Balaban J connectivity index is 2.39. The molecule has 2 aromatic rings. The zero-order valence-electron chi connectivity index (χ0n) is 11.9. The highest BCUT2D eigenvalue weighted by Gasteiger charge is 2.26. The van der Waals surface area contributed by atoms with Crippen molar-refractivity contribution in [3.63, 3.8) is 0 Å². The molecule has 3 heteroatoms. The third kappa shape index (κ3) is 4.07. The van der Waals surface area contributed by atoms with Gasteiger partial charge in [-0.25, -0.2) is 0 Å². The highest BCUT2D eigenvalue weighted by atomic mass is 35.5. The molecule has 0 saturated heterocycles. The van der Waals surface area contributed by atoms with E-state index < -0.39 is 6.10 Å². The number of aliphatic hydroxyl groups is 1. The minimum absolute atomic E-state index is 0.0605. The number of nitrogens with zero attached hydrogens (tertiary/aromatic N) is 1. The van der Waals surface area contributed by atoms with Crippen LogP contribution < -0.4 is 0 Å². The van der Waals surface area contributed by atoms with Crippen molar-refractivity contribution in [2.24, 2.45) is 0 Å². The fourth-order valence-corrected chi connectivity index (χ4v) is 2.73. The zero-order chi connectivity index (χ0) is 15.2. The summed E-state index contributed by atoms with van der Waals surface area (Å²) in [5.74, 6) is -0.350. The topological polar surface area (TPSA) is 44.0 Å². The van der Waals surface area contributed by atoms with Gasteiger partial charge >= 0.3 is 0 Å². The maximum atomic E-state index is 9.79. The maximum absolute atomic E-state index is 9.79. The smallest absolute Gasteiger partial charge is 0.0782 e. The Morgan fingerprint density at radius 1 is 1.05 bits per heavy atom. The van der Waals surface area contributed by atoms with Crippen LogP contribution in [0, 0.1) is 11.3 Å². The molecule has 2 rings (SSSR count). The molecule has 1 N–H and O–H groups in total. The number of hydrogen-bond donors (Lipinski definition) is 1. The third-order valence-corrected chi connectivity index (χ3v) is 3.85. The molecule has 0 aliphatic heterocycles. The zero-order valence-corrected chi connectivity index (χ0v) is 12.7. The van der Waals surface area contributed by atoms with E-state index >= 15 is 0 Å². The van der Waals surface area contributed by atoms with Crippen molar-refractivity contribution in [2.45, 2.75) is 31.3 Å². The second kappa shape index (κ2) is 7.26. The van der Waals surface area contributed by atoms with E-state index in [-0.39, 0.29) is 11.8 Å². The molecule has 108 valence electrons. The third-order valence-electron chi connectivity index (χ3n) is 3.59. The number of nitriles is 1. The summed E-state index contributed by atoms with van der Waals surface area (Å²) in [6.07, 6.45) is 0.0691. The fourth-order valence-electron chi connectivity index (χ4n) is 2.60. The van der Waals surface area contributed by atoms with E-state index in [9.17, 15) is 10.4 Å². The van der Waals surface area contributed by atoms with Crippen LogP contribution in [0.2, 0.25) is 5.02 Å². The second-order valence-corrected chi connectivity index (χ2v) is 5.70. The van der Waals surface area contributed by atoms with Crippen molar-refractivity contribution in [3.8, 4) is 6.07 Å². The van der Waals surface area contributed by atoms with Crippen LogP contribution in [0.3, 0.4) is 0 Å². The summed E-state index contributed by atoms with van der Waals surface area (Å²) < 4.78 is 0. The number of halogens is 1. The Hall–Kier alpha value is -1.82. The predicted molar refractivity (Wildman–Crippen MR) is 85.3 cm³/mol. The quantitative estimate of drug-likeness (QED) is 0.883. The number of hydrogen-bond acceptors (Lipinski definition) is 2. The van der Waals surface area contributed by atoms with E-state index in [1.165, 1.54) is 0 Å². The van der Waals surface area contributed by atoms with Crippen LogP contribution >= 0.6 is 11.6 Å². The van der Waals surface area contributed by atoms with Gasteiger partial charge in [-0.3, -0.25) is 0 Å². The van der Waals surface area contributed by atoms with Gasteiger partial charge in [-0.05, 0) is 36.6 Å². The average molecular weight is 300 g/mol. The SMILES string of the molecule is CC(O)CC(c1ccc(Cl)cc1)C(C#N)c1ccccc1. The molecule has 0 aliphatic rings. The Bertz CT molecular complexity index is 601. The fraction of sp³-hybridized carbons (Fsp3) is 0.278. The number of rotatable bonds is 5. The van der Waals surface area contributed by atoms with Crippen molar-refractivity contribution in [3.05, 3.63) is 70.7 Å². The van der Waals surface area contributed by atoms with Gasteiger partial charge in [-0.1, -0.05) is 54.1 Å². The summed E-state index contributed by atoms with van der Waals surface area (Å²) in [4.78, 5) is 0. The van der Waals surface area contributed by atoms with Crippen molar-refractivity contribution < 1.29 is 5.11 Å². The molecule has 0 aromatic heterocycles. The van der Waals surface area contributed by atoms with E-state index in [0.717, 1.165) is 11.1 Å². The first-order valence-corrected chi connectivity index (χ1v) is 7.37. The van der Waals surface area contributed by atoms with Crippen LogP contribution in [0.1, 0.15) is 36.3 Å². The van der Waals surface area contributed by atoms with E-state index in [1.54, 1.807) is 6.92 Å². The lowest BCUT2D eigenvalue weighted by molar-refractivity contribution is 0.172. The van der Waals surface area contributed by atoms with E-state index in [1.807, 2.05) is 54.6 Å². The van der Waals surface area contributed by atoms with Gasteiger partial charge in [-0.2, -0.15) is 5.26 Å². The van der Waals surface area contributed by atoms with Gasteiger partial charge < -0.3 is 5.11 Å². The summed E-state index contributed by atoms with van der Waals surface area (Å²) >= 11 is 5.94. The first-order chi connectivity index (χ1) is 10.1. The Kier molecular flexibility index (Phi) is 5.38. The van der Waals surface area contributed by atoms with E-state index in [4.69, 9.17) is 11.6 Å². The molecule has 0 spiro atoms. The minimum Gasteiger partial charge on any atom is -0.393 e. The molecule has 0 amide bonds. The van der Waals surface area contributed by atoms with Gasteiger partial charge in [-0.15, -0.1) is 0 Å². The summed E-state index contributed by atoms with van der Waals surface area (Å²) in [6, 6.07) is 19.6. The standard InChI is InChI=1S/C18H18ClNO/c1-13(21)11-17(15-7-9-16(19)10-8-15)18(12-20)14-5-3-2-4-6-14/h2-10,13,17-18,21H,11H2,1H3. The molecule has 0 saturated carbocycles. The molecular formula is C18H18ClNO.